The second-order valence-electron chi connectivity index (χ2n) is 3.78. The van der Waals surface area contributed by atoms with Crippen molar-refractivity contribution >= 4 is 38.4 Å². The molecule has 1 aliphatic rings. The number of hydrogen-bond donors (Lipinski definition) is 0. The van der Waals surface area contributed by atoms with E-state index in [0.717, 1.165) is 17.4 Å². The number of hydrogen-bond acceptors (Lipinski definition) is 5. The van der Waals surface area contributed by atoms with Gasteiger partial charge in [-0.3, -0.25) is 0 Å². The number of rotatable bonds is 4. The number of thiocarbonyl (C=S) groups is 1. The van der Waals surface area contributed by atoms with Crippen molar-refractivity contribution < 1.29 is 13.0 Å². The summed E-state index contributed by atoms with van der Waals surface area (Å²) in [6, 6.07) is 0. The van der Waals surface area contributed by atoms with Gasteiger partial charge in [-0.25, -0.2) is 8.42 Å². The maximum absolute atomic E-state index is 10.4. The zero-order valence-electron chi connectivity index (χ0n) is 9.05. The zero-order chi connectivity index (χ0) is 12.0. The minimum absolute atomic E-state index is 0.289. The van der Waals surface area contributed by atoms with Crippen LogP contribution in [0.1, 0.15) is 25.7 Å². The van der Waals surface area contributed by atoms with E-state index >= 15 is 0 Å². The van der Waals surface area contributed by atoms with Gasteiger partial charge in [0.1, 0.15) is 4.32 Å². The third-order valence-electron chi connectivity index (χ3n) is 2.38. The molecule has 0 saturated carbocycles. The Kier molecular flexibility index (Phi) is 6.02. The first-order valence-corrected chi connectivity index (χ1v) is 8.31. The van der Waals surface area contributed by atoms with Crippen molar-refractivity contribution in [1.29, 1.82) is 0 Å². The van der Waals surface area contributed by atoms with Crippen molar-refractivity contribution in [1.82, 2.24) is 4.90 Å². The standard InChI is InChI=1S/C9H17NO3S3/c11-16(12,13)8-4-7-15-9(14)10-5-2-1-3-6-10/h1-8H2,(H,11,12,13)/p-1. The maximum Gasteiger partial charge on any atom is 0.136 e. The largest absolute Gasteiger partial charge is 0.748 e. The highest BCUT2D eigenvalue weighted by Crippen LogP contribution is 2.16. The second-order valence-corrected chi connectivity index (χ2v) is 7.03. The van der Waals surface area contributed by atoms with Crippen LogP contribution < -0.4 is 0 Å². The van der Waals surface area contributed by atoms with Crippen LogP contribution in [-0.2, 0) is 10.1 Å². The lowest BCUT2D eigenvalue weighted by Crippen LogP contribution is -2.32. The summed E-state index contributed by atoms with van der Waals surface area (Å²) in [4.78, 5) is 2.16. The Balaban J connectivity index is 2.14. The summed E-state index contributed by atoms with van der Waals surface area (Å²) < 4.78 is 31.9. The minimum Gasteiger partial charge on any atom is -0.748 e. The first kappa shape index (κ1) is 14.2. The van der Waals surface area contributed by atoms with Crippen LogP contribution in [0.3, 0.4) is 0 Å². The van der Waals surface area contributed by atoms with Gasteiger partial charge in [-0.1, -0.05) is 24.0 Å². The number of nitrogens with zero attached hydrogens (tertiary/aromatic N) is 1. The molecule has 1 fully saturated rings. The van der Waals surface area contributed by atoms with E-state index in [1.54, 1.807) is 0 Å². The molecule has 0 spiro atoms. The normalized spacial score (nSPS) is 17.4. The molecule has 1 saturated heterocycles. The molecular formula is C9H16NO3S3-. The van der Waals surface area contributed by atoms with Gasteiger partial charge in [0.2, 0.25) is 0 Å². The van der Waals surface area contributed by atoms with E-state index in [0.29, 0.717) is 12.2 Å². The Morgan fingerprint density at radius 3 is 2.50 bits per heavy atom. The predicted molar refractivity (Wildman–Crippen MR) is 69.7 cm³/mol. The van der Waals surface area contributed by atoms with Crippen molar-refractivity contribution in [2.75, 3.05) is 24.6 Å². The van der Waals surface area contributed by atoms with E-state index in [9.17, 15) is 13.0 Å². The lowest BCUT2D eigenvalue weighted by atomic mass is 10.1. The van der Waals surface area contributed by atoms with Crippen LogP contribution in [-0.4, -0.2) is 46.8 Å². The van der Waals surface area contributed by atoms with Crippen molar-refractivity contribution in [2.45, 2.75) is 25.7 Å². The average Bonchev–Trinajstić information content (AvgIpc) is 2.24. The summed E-state index contributed by atoms with van der Waals surface area (Å²) in [7, 11) is -4.07. The molecule has 1 heterocycles. The Labute approximate surface area is 107 Å². The number of likely N-dealkylation sites (tertiary alicyclic amines) is 1. The van der Waals surface area contributed by atoms with Gasteiger partial charge in [-0.15, -0.1) is 0 Å². The highest BCUT2D eigenvalue weighted by atomic mass is 32.2. The van der Waals surface area contributed by atoms with Gasteiger partial charge in [-0.05, 0) is 25.7 Å². The highest BCUT2D eigenvalue weighted by Gasteiger charge is 2.13. The topological polar surface area (TPSA) is 60.4 Å². The molecular weight excluding hydrogens is 266 g/mol. The van der Waals surface area contributed by atoms with Gasteiger partial charge < -0.3 is 9.45 Å². The number of thioether (sulfide) groups is 1. The van der Waals surface area contributed by atoms with Gasteiger partial charge in [-0.2, -0.15) is 0 Å². The van der Waals surface area contributed by atoms with Crippen LogP contribution in [0.4, 0.5) is 0 Å². The molecule has 0 atom stereocenters. The Hall–Kier alpha value is 0.150. The van der Waals surface area contributed by atoms with Crippen molar-refractivity contribution in [2.24, 2.45) is 0 Å². The third kappa shape index (κ3) is 6.03. The van der Waals surface area contributed by atoms with E-state index in [1.165, 1.54) is 31.0 Å². The fourth-order valence-electron chi connectivity index (χ4n) is 1.56. The fraction of sp³-hybridized carbons (Fsp3) is 0.889. The van der Waals surface area contributed by atoms with Gasteiger partial charge in [0, 0.05) is 24.6 Å². The molecule has 0 unspecified atom stereocenters. The van der Waals surface area contributed by atoms with Gasteiger partial charge in [0.05, 0.1) is 10.1 Å². The monoisotopic (exact) mass is 282 g/mol. The molecule has 0 aromatic heterocycles. The fourth-order valence-corrected chi connectivity index (χ4v) is 3.50. The first-order chi connectivity index (χ1) is 7.49. The van der Waals surface area contributed by atoms with E-state index in [4.69, 9.17) is 12.2 Å². The van der Waals surface area contributed by atoms with Crippen molar-refractivity contribution in [3.05, 3.63) is 0 Å². The van der Waals surface area contributed by atoms with E-state index in [-0.39, 0.29) is 5.75 Å². The lowest BCUT2D eigenvalue weighted by molar-refractivity contribution is 0.352. The van der Waals surface area contributed by atoms with Crippen LogP contribution >= 0.6 is 24.0 Å². The molecule has 94 valence electrons. The van der Waals surface area contributed by atoms with Crippen molar-refractivity contribution in [3.63, 3.8) is 0 Å². The Morgan fingerprint density at radius 2 is 1.94 bits per heavy atom. The molecule has 1 aliphatic heterocycles. The summed E-state index contributed by atoms with van der Waals surface area (Å²) in [5.74, 6) is 0.319. The maximum atomic E-state index is 10.4. The molecule has 1 rings (SSSR count). The lowest BCUT2D eigenvalue weighted by Gasteiger charge is -2.28. The van der Waals surface area contributed by atoms with Crippen LogP contribution in [0.15, 0.2) is 0 Å². The van der Waals surface area contributed by atoms with Crippen molar-refractivity contribution in [3.8, 4) is 0 Å². The third-order valence-corrected chi connectivity index (χ3v) is 4.78. The van der Waals surface area contributed by atoms with Crippen LogP contribution in [0.25, 0.3) is 0 Å². The molecule has 4 nitrogen and oxygen atoms in total. The van der Waals surface area contributed by atoms with Gasteiger partial charge in [0.25, 0.3) is 0 Å². The van der Waals surface area contributed by atoms with E-state index < -0.39 is 10.1 Å². The Morgan fingerprint density at radius 1 is 1.31 bits per heavy atom. The summed E-state index contributed by atoms with van der Waals surface area (Å²) in [6.45, 7) is 2.01. The zero-order valence-corrected chi connectivity index (χ0v) is 11.5. The van der Waals surface area contributed by atoms with Crippen LogP contribution in [0.5, 0.6) is 0 Å². The average molecular weight is 282 g/mol. The van der Waals surface area contributed by atoms with E-state index in [1.807, 2.05) is 0 Å². The molecule has 16 heavy (non-hydrogen) atoms. The second kappa shape index (κ2) is 6.78. The molecule has 0 aromatic carbocycles. The summed E-state index contributed by atoms with van der Waals surface area (Å²) in [5.41, 5.74) is 0. The molecule has 0 aliphatic carbocycles. The minimum atomic E-state index is -4.07. The predicted octanol–water partition coefficient (Wildman–Crippen LogP) is 1.43. The van der Waals surface area contributed by atoms with Gasteiger partial charge >= 0.3 is 0 Å². The van der Waals surface area contributed by atoms with E-state index in [2.05, 4.69) is 4.90 Å². The first-order valence-electron chi connectivity index (χ1n) is 5.34. The van der Waals surface area contributed by atoms with Crippen LogP contribution in [0.2, 0.25) is 0 Å². The summed E-state index contributed by atoms with van der Waals surface area (Å²) in [5, 5.41) is 0. The molecule has 0 aromatic rings. The Bertz CT molecular complexity index is 323. The quantitative estimate of drug-likeness (QED) is 0.441. The van der Waals surface area contributed by atoms with Crippen LogP contribution in [0, 0.1) is 0 Å². The molecule has 7 heteroatoms. The SMILES string of the molecule is O=S(=O)([O-])CCCSC(=S)N1CCCCC1. The molecule has 0 N–H and O–H groups in total. The highest BCUT2D eigenvalue weighted by molar-refractivity contribution is 8.22. The summed E-state index contributed by atoms with van der Waals surface area (Å²) in [6.07, 6.45) is 3.99. The molecule has 0 bridgehead atoms. The smallest absolute Gasteiger partial charge is 0.136 e. The summed E-state index contributed by atoms with van der Waals surface area (Å²) >= 11 is 6.72. The number of piperidine rings is 1. The van der Waals surface area contributed by atoms with Gasteiger partial charge in [0.15, 0.2) is 0 Å². The molecule has 0 amide bonds. The molecule has 0 radical (unpaired) electrons.